The molecule has 5 heteroatoms. The van der Waals surface area contributed by atoms with Gasteiger partial charge in [0.05, 0.1) is 13.2 Å². The first-order valence-corrected chi connectivity index (χ1v) is 2.90. The summed E-state index contributed by atoms with van der Waals surface area (Å²) < 4.78 is 37.5. The van der Waals surface area contributed by atoms with Gasteiger partial charge in [-0.1, -0.05) is 0 Å². The van der Waals surface area contributed by atoms with E-state index in [9.17, 15) is 13.2 Å². The topological polar surface area (TPSA) is 32.3 Å². The Hall–Kier alpha value is -0.290. The smallest absolute Gasteiger partial charge is 0.297 e. The fraction of sp³-hybridized carbons (Fsp3) is 1.00. The van der Waals surface area contributed by atoms with Gasteiger partial charge >= 0.3 is 0 Å². The third-order valence-electron chi connectivity index (χ3n) is 1.66. The molecule has 0 amide bonds. The molecule has 2 nitrogen and oxygen atoms in total. The van der Waals surface area contributed by atoms with Crippen molar-refractivity contribution in [3.8, 4) is 0 Å². The van der Waals surface area contributed by atoms with Crippen LogP contribution in [0.5, 0.6) is 0 Å². The third kappa shape index (κ3) is 0.894. The van der Waals surface area contributed by atoms with E-state index in [1.165, 1.54) is 0 Å². The van der Waals surface area contributed by atoms with Gasteiger partial charge in [-0.3, -0.25) is 0 Å². The van der Waals surface area contributed by atoms with E-state index < -0.39 is 31.3 Å². The molecular weight excluding hydrogens is 147 g/mol. The van der Waals surface area contributed by atoms with E-state index in [1.807, 2.05) is 0 Å². The molecule has 0 aromatic rings. The van der Waals surface area contributed by atoms with Gasteiger partial charge in [-0.15, -0.1) is 0 Å². The van der Waals surface area contributed by atoms with Crippen molar-refractivity contribution in [1.29, 1.82) is 0 Å². The quantitative estimate of drug-likeness (QED) is 0.555. The van der Waals surface area contributed by atoms with Crippen molar-refractivity contribution in [1.82, 2.24) is 5.32 Å². The highest BCUT2D eigenvalue weighted by molar-refractivity contribution is 5.02. The standard InChI is InChI=1S/C5H8F3NO/c6-4(3-10)1-9-2-5(4,7)8/h9-10H,1-3H2. The molecule has 0 spiro atoms. The minimum atomic E-state index is -3.43. The lowest BCUT2D eigenvalue weighted by atomic mass is 10.0. The Morgan fingerprint density at radius 3 is 2.10 bits per heavy atom. The van der Waals surface area contributed by atoms with Crippen LogP contribution in [0, 0.1) is 0 Å². The first-order chi connectivity index (χ1) is 4.52. The summed E-state index contributed by atoms with van der Waals surface area (Å²) in [5.41, 5.74) is -2.76. The van der Waals surface area contributed by atoms with Crippen molar-refractivity contribution in [2.24, 2.45) is 0 Å². The molecule has 10 heavy (non-hydrogen) atoms. The second kappa shape index (κ2) is 2.10. The Morgan fingerprint density at radius 2 is 1.90 bits per heavy atom. The zero-order chi connectivity index (χ0) is 7.83. The van der Waals surface area contributed by atoms with Crippen molar-refractivity contribution >= 4 is 0 Å². The fourth-order valence-electron chi connectivity index (χ4n) is 0.877. The summed E-state index contributed by atoms with van der Waals surface area (Å²) in [5.74, 6) is -3.43. The van der Waals surface area contributed by atoms with Crippen molar-refractivity contribution < 1.29 is 18.3 Å². The second-order valence-corrected chi connectivity index (χ2v) is 2.43. The molecule has 2 N–H and O–H groups in total. The maximum absolute atomic E-state index is 12.8. The molecule has 1 rings (SSSR count). The van der Waals surface area contributed by atoms with Gasteiger partial charge in [0.2, 0.25) is 5.67 Å². The predicted molar refractivity (Wildman–Crippen MR) is 28.7 cm³/mol. The largest absolute Gasteiger partial charge is 0.393 e. The summed E-state index contributed by atoms with van der Waals surface area (Å²) in [7, 11) is 0. The van der Waals surface area contributed by atoms with Crippen molar-refractivity contribution in [2.75, 3.05) is 19.7 Å². The van der Waals surface area contributed by atoms with Crippen LogP contribution in [0.3, 0.4) is 0 Å². The summed E-state index contributed by atoms with van der Waals surface area (Å²) in [6.45, 7) is -2.30. The molecule has 0 aromatic heterocycles. The molecule has 0 bridgehead atoms. The molecule has 1 saturated heterocycles. The Labute approximate surface area is 56.0 Å². The summed E-state index contributed by atoms with van der Waals surface area (Å²) in [5, 5.41) is 10.4. The van der Waals surface area contributed by atoms with Crippen LogP contribution in [-0.2, 0) is 0 Å². The highest BCUT2D eigenvalue weighted by Crippen LogP contribution is 2.34. The van der Waals surface area contributed by atoms with Gasteiger partial charge in [-0.05, 0) is 0 Å². The highest BCUT2D eigenvalue weighted by atomic mass is 19.3. The molecule has 0 aromatic carbocycles. The maximum Gasteiger partial charge on any atom is 0.297 e. The number of halogens is 3. The van der Waals surface area contributed by atoms with Gasteiger partial charge in [0.1, 0.15) is 0 Å². The van der Waals surface area contributed by atoms with Gasteiger partial charge in [-0.25, -0.2) is 13.2 Å². The summed E-state index contributed by atoms with van der Waals surface area (Å²) in [4.78, 5) is 0. The van der Waals surface area contributed by atoms with Crippen LogP contribution in [0.15, 0.2) is 0 Å². The van der Waals surface area contributed by atoms with Crippen molar-refractivity contribution in [3.63, 3.8) is 0 Å². The number of aliphatic hydroxyl groups excluding tert-OH is 1. The zero-order valence-electron chi connectivity index (χ0n) is 5.20. The first-order valence-electron chi connectivity index (χ1n) is 2.90. The Morgan fingerprint density at radius 1 is 1.30 bits per heavy atom. The molecule has 0 aliphatic carbocycles. The summed E-state index contributed by atoms with van der Waals surface area (Å²) >= 11 is 0. The van der Waals surface area contributed by atoms with E-state index in [1.54, 1.807) is 0 Å². The number of rotatable bonds is 1. The van der Waals surface area contributed by atoms with Crippen LogP contribution in [0.2, 0.25) is 0 Å². The van der Waals surface area contributed by atoms with E-state index >= 15 is 0 Å². The van der Waals surface area contributed by atoms with E-state index in [-0.39, 0.29) is 0 Å². The molecule has 1 unspecified atom stereocenters. The molecule has 0 radical (unpaired) electrons. The maximum atomic E-state index is 12.8. The van der Waals surface area contributed by atoms with Crippen molar-refractivity contribution in [3.05, 3.63) is 0 Å². The molecule has 1 atom stereocenters. The van der Waals surface area contributed by atoms with E-state index in [0.29, 0.717) is 0 Å². The van der Waals surface area contributed by atoms with Gasteiger partial charge in [0, 0.05) is 6.54 Å². The number of hydrogen-bond acceptors (Lipinski definition) is 2. The molecule has 1 aliphatic rings. The van der Waals surface area contributed by atoms with Crippen LogP contribution in [0.25, 0.3) is 0 Å². The number of nitrogens with one attached hydrogen (secondary N) is 1. The molecule has 1 heterocycles. The first kappa shape index (κ1) is 7.81. The predicted octanol–water partition coefficient (Wildman–Crippen LogP) is -0.0745. The lowest BCUT2D eigenvalue weighted by Gasteiger charge is -2.22. The van der Waals surface area contributed by atoms with E-state index in [2.05, 4.69) is 5.32 Å². The highest BCUT2D eigenvalue weighted by Gasteiger charge is 2.58. The van der Waals surface area contributed by atoms with Crippen molar-refractivity contribution in [2.45, 2.75) is 11.6 Å². The van der Waals surface area contributed by atoms with Crippen LogP contribution >= 0.6 is 0 Å². The average molecular weight is 155 g/mol. The Balaban J connectivity index is 2.76. The Kier molecular flexibility index (Phi) is 1.64. The van der Waals surface area contributed by atoms with Crippen LogP contribution in [0.4, 0.5) is 13.2 Å². The molecular formula is C5H8F3NO. The van der Waals surface area contributed by atoms with Gasteiger partial charge < -0.3 is 10.4 Å². The van der Waals surface area contributed by atoms with Crippen LogP contribution in [0.1, 0.15) is 0 Å². The number of alkyl halides is 3. The Bertz CT molecular complexity index is 141. The number of hydrogen-bond donors (Lipinski definition) is 2. The molecule has 0 saturated carbocycles. The number of aliphatic hydroxyl groups is 1. The molecule has 60 valence electrons. The van der Waals surface area contributed by atoms with Gasteiger partial charge in [0.25, 0.3) is 5.92 Å². The minimum Gasteiger partial charge on any atom is -0.393 e. The normalized spacial score (nSPS) is 38.4. The van der Waals surface area contributed by atoms with Crippen LogP contribution < -0.4 is 5.32 Å². The van der Waals surface area contributed by atoms with Gasteiger partial charge in [-0.2, -0.15) is 0 Å². The summed E-state index contributed by atoms with van der Waals surface area (Å²) in [6, 6.07) is 0. The lowest BCUT2D eigenvalue weighted by Crippen LogP contribution is -2.46. The summed E-state index contributed by atoms with van der Waals surface area (Å²) in [6.07, 6.45) is 0. The SMILES string of the molecule is OCC1(F)CNCC1(F)F. The third-order valence-corrected chi connectivity index (χ3v) is 1.66. The van der Waals surface area contributed by atoms with Crippen LogP contribution in [-0.4, -0.2) is 36.4 Å². The minimum absolute atomic E-state index is 0.476. The second-order valence-electron chi connectivity index (χ2n) is 2.43. The monoisotopic (exact) mass is 155 g/mol. The zero-order valence-corrected chi connectivity index (χ0v) is 5.20. The average Bonchev–Trinajstić information content (AvgIpc) is 2.10. The van der Waals surface area contributed by atoms with Gasteiger partial charge in [0.15, 0.2) is 0 Å². The molecule has 1 aliphatic heterocycles. The fourth-order valence-corrected chi connectivity index (χ4v) is 0.877. The van der Waals surface area contributed by atoms with E-state index in [4.69, 9.17) is 5.11 Å². The van der Waals surface area contributed by atoms with E-state index in [0.717, 1.165) is 0 Å². The molecule has 1 fully saturated rings. The lowest BCUT2D eigenvalue weighted by molar-refractivity contribution is -0.120.